The lowest BCUT2D eigenvalue weighted by molar-refractivity contribution is -0.137. The van der Waals surface area contributed by atoms with E-state index in [1.807, 2.05) is 41.3 Å². The van der Waals surface area contributed by atoms with Crippen molar-refractivity contribution in [1.29, 1.82) is 0 Å². The molecule has 3 nitrogen and oxygen atoms in total. The molecule has 0 aliphatic carbocycles. The van der Waals surface area contributed by atoms with Gasteiger partial charge in [0.2, 0.25) is 5.91 Å². The van der Waals surface area contributed by atoms with E-state index in [2.05, 4.69) is 24.3 Å². The summed E-state index contributed by atoms with van der Waals surface area (Å²) in [7, 11) is 0. The van der Waals surface area contributed by atoms with Gasteiger partial charge >= 0.3 is 0 Å². The van der Waals surface area contributed by atoms with Gasteiger partial charge < -0.3 is 9.64 Å². The highest BCUT2D eigenvalue weighted by Gasteiger charge is 2.53. The van der Waals surface area contributed by atoms with Crippen LogP contribution in [0.25, 0.3) is 0 Å². The van der Waals surface area contributed by atoms with Crippen LogP contribution in [0.15, 0.2) is 60.7 Å². The molecule has 0 bridgehead atoms. The molecule has 2 fully saturated rings. The van der Waals surface area contributed by atoms with Crippen molar-refractivity contribution in [2.24, 2.45) is 5.92 Å². The standard InChI is InChI=1S/C19H19NO2/c21-19-16(11-14-7-3-1-4-8-14)18-17(22-18)13-20(19)12-15-9-5-2-6-10-15/h1-10,16-18H,11-13H2/t16-,17+,18-/m1/s1. The van der Waals surface area contributed by atoms with Crippen LogP contribution in [0.2, 0.25) is 0 Å². The van der Waals surface area contributed by atoms with Crippen LogP contribution in [0.3, 0.4) is 0 Å². The van der Waals surface area contributed by atoms with Crippen molar-refractivity contribution in [3.8, 4) is 0 Å². The van der Waals surface area contributed by atoms with E-state index >= 15 is 0 Å². The first-order valence-electron chi connectivity index (χ1n) is 7.83. The van der Waals surface area contributed by atoms with E-state index in [1.54, 1.807) is 0 Å². The minimum atomic E-state index is -0.0372. The maximum Gasteiger partial charge on any atom is 0.229 e. The van der Waals surface area contributed by atoms with Gasteiger partial charge in [0.15, 0.2) is 0 Å². The highest BCUT2D eigenvalue weighted by Crippen LogP contribution is 2.38. The van der Waals surface area contributed by atoms with E-state index in [0.29, 0.717) is 6.54 Å². The summed E-state index contributed by atoms with van der Waals surface area (Å²) in [6.07, 6.45) is 1.13. The Morgan fingerprint density at radius 3 is 2.27 bits per heavy atom. The first-order valence-corrected chi connectivity index (χ1v) is 7.83. The quantitative estimate of drug-likeness (QED) is 0.812. The van der Waals surface area contributed by atoms with Crippen LogP contribution >= 0.6 is 0 Å². The second kappa shape index (κ2) is 5.58. The number of epoxide rings is 1. The third kappa shape index (κ3) is 2.64. The molecule has 2 heterocycles. The number of nitrogens with zero attached hydrogens (tertiary/aromatic N) is 1. The van der Waals surface area contributed by atoms with E-state index in [1.165, 1.54) is 11.1 Å². The van der Waals surface area contributed by atoms with Crippen LogP contribution in [0.1, 0.15) is 11.1 Å². The van der Waals surface area contributed by atoms with Crippen molar-refractivity contribution in [3.63, 3.8) is 0 Å². The van der Waals surface area contributed by atoms with Crippen LogP contribution < -0.4 is 0 Å². The molecule has 0 spiro atoms. The lowest BCUT2D eigenvalue weighted by atomic mass is 9.90. The largest absolute Gasteiger partial charge is 0.367 e. The number of carbonyl (C=O) groups excluding carboxylic acids is 1. The smallest absolute Gasteiger partial charge is 0.229 e. The molecule has 22 heavy (non-hydrogen) atoms. The zero-order valence-electron chi connectivity index (χ0n) is 12.4. The van der Waals surface area contributed by atoms with Gasteiger partial charge in [0, 0.05) is 13.1 Å². The Hall–Kier alpha value is -2.13. The summed E-state index contributed by atoms with van der Waals surface area (Å²) in [5.74, 6) is 0.191. The van der Waals surface area contributed by atoms with Crippen molar-refractivity contribution in [2.45, 2.75) is 25.2 Å². The van der Waals surface area contributed by atoms with Gasteiger partial charge in [-0.15, -0.1) is 0 Å². The molecule has 2 saturated heterocycles. The van der Waals surface area contributed by atoms with Crippen LogP contribution in [0.4, 0.5) is 0 Å². The topological polar surface area (TPSA) is 32.8 Å². The molecule has 0 saturated carbocycles. The van der Waals surface area contributed by atoms with E-state index < -0.39 is 0 Å². The molecular weight excluding hydrogens is 274 g/mol. The van der Waals surface area contributed by atoms with Crippen LogP contribution in [-0.4, -0.2) is 29.6 Å². The van der Waals surface area contributed by atoms with Crippen molar-refractivity contribution in [2.75, 3.05) is 6.54 Å². The Morgan fingerprint density at radius 1 is 0.955 bits per heavy atom. The van der Waals surface area contributed by atoms with Crippen LogP contribution in [-0.2, 0) is 22.5 Å². The number of ether oxygens (including phenoxy) is 1. The molecule has 3 atom stereocenters. The van der Waals surface area contributed by atoms with Gasteiger partial charge in [-0.25, -0.2) is 0 Å². The molecule has 2 aromatic carbocycles. The number of hydrogen-bond donors (Lipinski definition) is 0. The summed E-state index contributed by atoms with van der Waals surface area (Å²) in [5.41, 5.74) is 2.38. The van der Waals surface area contributed by atoms with E-state index in [4.69, 9.17) is 4.74 Å². The number of carbonyl (C=O) groups is 1. The van der Waals surface area contributed by atoms with Crippen molar-refractivity contribution >= 4 is 5.91 Å². The fourth-order valence-corrected chi connectivity index (χ4v) is 3.36. The fraction of sp³-hybridized carbons (Fsp3) is 0.316. The van der Waals surface area contributed by atoms with Crippen molar-refractivity contribution < 1.29 is 9.53 Å². The molecule has 3 heteroatoms. The van der Waals surface area contributed by atoms with Gasteiger partial charge in [-0.3, -0.25) is 4.79 Å². The summed E-state index contributed by atoms with van der Waals surface area (Å²) < 4.78 is 5.74. The van der Waals surface area contributed by atoms with E-state index in [0.717, 1.165) is 13.0 Å². The van der Waals surface area contributed by atoms with Crippen LogP contribution in [0, 0.1) is 5.92 Å². The van der Waals surface area contributed by atoms with E-state index in [-0.39, 0.29) is 24.0 Å². The Morgan fingerprint density at radius 2 is 1.59 bits per heavy atom. The first-order chi connectivity index (χ1) is 10.8. The second-order valence-electron chi connectivity index (χ2n) is 6.14. The number of hydrogen-bond acceptors (Lipinski definition) is 2. The number of likely N-dealkylation sites (tertiary alicyclic amines) is 1. The monoisotopic (exact) mass is 293 g/mol. The fourth-order valence-electron chi connectivity index (χ4n) is 3.36. The minimum Gasteiger partial charge on any atom is -0.367 e. The molecule has 0 aromatic heterocycles. The van der Waals surface area contributed by atoms with Gasteiger partial charge in [-0.05, 0) is 17.5 Å². The average molecular weight is 293 g/mol. The molecule has 2 aliphatic rings. The van der Waals surface area contributed by atoms with Gasteiger partial charge in [-0.2, -0.15) is 0 Å². The SMILES string of the molecule is O=C1[C@H](Cc2ccccc2)[C@H]2O[C@H]2CN1Cc1ccccc1. The summed E-state index contributed by atoms with van der Waals surface area (Å²) in [5, 5.41) is 0. The minimum absolute atomic E-state index is 0.0372. The molecule has 2 aromatic rings. The average Bonchev–Trinajstić information content (AvgIpc) is 3.32. The van der Waals surface area contributed by atoms with Crippen molar-refractivity contribution in [1.82, 2.24) is 4.90 Å². The lowest BCUT2D eigenvalue weighted by Crippen LogP contribution is -2.45. The molecule has 1 amide bonds. The summed E-state index contributed by atoms with van der Waals surface area (Å²) >= 11 is 0. The second-order valence-corrected chi connectivity index (χ2v) is 6.14. The van der Waals surface area contributed by atoms with Gasteiger partial charge in [-0.1, -0.05) is 60.7 Å². The molecule has 0 N–H and O–H groups in total. The maximum absolute atomic E-state index is 12.8. The highest BCUT2D eigenvalue weighted by molar-refractivity contribution is 5.81. The first kappa shape index (κ1) is 13.5. The van der Waals surface area contributed by atoms with Crippen molar-refractivity contribution in [3.05, 3.63) is 71.8 Å². The summed E-state index contributed by atoms with van der Waals surface area (Å²) in [6, 6.07) is 20.4. The zero-order chi connectivity index (χ0) is 14.9. The number of benzene rings is 2. The Labute approximate surface area is 130 Å². The summed E-state index contributed by atoms with van der Waals surface area (Å²) in [6.45, 7) is 1.40. The molecule has 0 radical (unpaired) electrons. The summed E-state index contributed by atoms with van der Waals surface area (Å²) in [4.78, 5) is 14.8. The number of rotatable bonds is 4. The van der Waals surface area contributed by atoms with Gasteiger partial charge in [0.05, 0.1) is 12.0 Å². The Balaban J connectivity index is 1.50. The van der Waals surface area contributed by atoms with Gasteiger partial charge in [0.25, 0.3) is 0 Å². The predicted octanol–water partition coefficient (Wildman–Crippen LogP) is 2.66. The Bertz CT molecular complexity index is 656. The third-order valence-electron chi connectivity index (χ3n) is 4.56. The number of piperidine rings is 1. The predicted molar refractivity (Wildman–Crippen MR) is 84.2 cm³/mol. The molecular formula is C19H19NO2. The Kier molecular flexibility index (Phi) is 3.43. The van der Waals surface area contributed by atoms with E-state index in [9.17, 15) is 4.79 Å². The molecule has 112 valence electrons. The molecule has 4 rings (SSSR count). The van der Waals surface area contributed by atoms with Gasteiger partial charge in [0.1, 0.15) is 6.10 Å². The van der Waals surface area contributed by atoms with Crippen LogP contribution in [0.5, 0.6) is 0 Å². The zero-order valence-corrected chi connectivity index (χ0v) is 12.4. The highest BCUT2D eigenvalue weighted by atomic mass is 16.6. The number of fused-ring (bicyclic) bond motifs is 1. The molecule has 0 unspecified atom stereocenters. The maximum atomic E-state index is 12.8. The lowest BCUT2D eigenvalue weighted by Gasteiger charge is -2.30. The normalized spacial score (nSPS) is 26.6. The number of amides is 1. The third-order valence-corrected chi connectivity index (χ3v) is 4.56. The molecule has 2 aliphatic heterocycles.